The summed E-state index contributed by atoms with van der Waals surface area (Å²) in [6, 6.07) is 8.09. The van der Waals surface area contributed by atoms with Gasteiger partial charge in [-0.15, -0.1) is 11.6 Å². The molecule has 0 saturated carbocycles. The van der Waals surface area contributed by atoms with E-state index in [9.17, 15) is 8.78 Å². The van der Waals surface area contributed by atoms with Crippen molar-refractivity contribution in [3.05, 3.63) is 59.2 Å². The number of alkyl halides is 1. The maximum absolute atomic E-state index is 14.1. The molecule has 6 heteroatoms. The first-order valence-corrected chi connectivity index (χ1v) is 6.95. The summed E-state index contributed by atoms with van der Waals surface area (Å²) in [5.41, 5.74) is 2.10. The number of halogens is 3. The van der Waals surface area contributed by atoms with E-state index in [2.05, 4.69) is 9.97 Å². The third-order valence-electron chi connectivity index (χ3n) is 3.26. The second-order valence-electron chi connectivity index (χ2n) is 4.75. The van der Waals surface area contributed by atoms with Crippen molar-refractivity contribution in [2.45, 2.75) is 19.3 Å². The fourth-order valence-corrected chi connectivity index (χ4v) is 2.53. The molecular weight excluding hydrogens is 296 g/mol. The minimum Gasteiger partial charge on any atom is -0.318 e. The molecule has 0 fully saturated rings. The highest BCUT2D eigenvalue weighted by atomic mass is 35.5. The van der Waals surface area contributed by atoms with Crippen molar-refractivity contribution in [1.82, 2.24) is 14.5 Å². The molecule has 21 heavy (non-hydrogen) atoms. The van der Waals surface area contributed by atoms with E-state index in [1.54, 1.807) is 4.57 Å². The average Bonchev–Trinajstić information content (AvgIpc) is 2.81. The predicted molar refractivity (Wildman–Crippen MR) is 77.3 cm³/mol. The monoisotopic (exact) mass is 307 g/mol. The van der Waals surface area contributed by atoms with E-state index in [0.717, 1.165) is 17.5 Å². The summed E-state index contributed by atoms with van der Waals surface area (Å²) in [6.07, 6.45) is 0. The van der Waals surface area contributed by atoms with Gasteiger partial charge in [0.15, 0.2) is 11.6 Å². The molecule has 0 bridgehead atoms. The van der Waals surface area contributed by atoms with Crippen LogP contribution in [-0.2, 0) is 12.4 Å². The number of benzene rings is 1. The normalized spacial score (nSPS) is 11.2. The van der Waals surface area contributed by atoms with Crippen molar-refractivity contribution in [1.29, 1.82) is 0 Å². The molecule has 3 rings (SSSR count). The van der Waals surface area contributed by atoms with Gasteiger partial charge in [-0.3, -0.25) is 4.98 Å². The first kappa shape index (κ1) is 13.9. The highest BCUT2D eigenvalue weighted by Crippen LogP contribution is 2.23. The van der Waals surface area contributed by atoms with E-state index in [1.807, 2.05) is 25.1 Å². The quantitative estimate of drug-likeness (QED) is 0.689. The molecule has 0 aliphatic rings. The molecule has 0 aliphatic carbocycles. The van der Waals surface area contributed by atoms with Gasteiger partial charge in [0.05, 0.1) is 23.6 Å². The molecule has 0 spiro atoms. The summed E-state index contributed by atoms with van der Waals surface area (Å²) in [5, 5.41) is 0. The summed E-state index contributed by atoms with van der Waals surface area (Å²) in [6.45, 7) is 2.17. The number of hydrogen-bond donors (Lipinski definition) is 0. The molecule has 0 atom stereocenters. The Balaban J connectivity index is 2.18. The Morgan fingerprint density at radius 2 is 1.95 bits per heavy atom. The van der Waals surface area contributed by atoms with Crippen LogP contribution in [0.3, 0.4) is 0 Å². The Labute approximate surface area is 125 Å². The van der Waals surface area contributed by atoms with Crippen LogP contribution in [0.5, 0.6) is 0 Å². The Morgan fingerprint density at radius 1 is 1.14 bits per heavy atom. The summed E-state index contributed by atoms with van der Waals surface area (Å²) < 4.78 is 29.1. The molecular formula is C15H12ClF2N3. The van der Waals surface area contributed by atoms with Crippen LogP contribution in [0.25, 0.3) is 11.0 Å². The number of rotatable bonds is 3. The van der Waals surface area contributed by atoms with Crippen LogP contribution in [0.1, 0.15) is 17.2 Å². The van der Waals surface area contributed by atoms with Crippen LogP contribution in [0.15, 0.2) is 30.3 Å². The molecule has 2 heterocycles. The van der Waals surface area contributed by atoms with Crippen molar-refractivity contribution in [2.75, 3.05) is 0 Å². The molecule has 0 radical (unpaired) electrons. The minimum atomic E-state index is -0.913. The van der Waals surface area contributed by atoms with Crippen molar-refractivity contribution in [3.8, 4) is 0 Å². The number of aromatic nitrogens is 3. The third kappa shape index (κ3) is 2.49. The largest absolute Gasteiger partial charge is 0.318 e. The lowest BCUT2D eigenvalue weighted by molar-refractivity contribution is 0.511. The van der Waals surface area contributed by atoms with Gasteiger partial charge in [0.25, 0.3) is 0 Å². The molecule has 1 aromatic carbocycles. The van der Waals surface area contributed by atoms with Crippen molar-refractivity contribution < 1.29 is 8.78 Å². The number of hydrogen-bond acceptors (Lipinski definition) is 2. The molecule has 3 nitrogen and oxygen atoms in total. The fourth-order valence-electron chi connectivity index (χ4n) is 2.33. The standard InChI is InChI=1S/C15H12ClF2N3/c1-9-3-2-4-10(19-9)8-21-13(7-16)20-12-6-5-11(17)14(18)15(12)21/h2-6H,7-8H2,1H3. The minimum absolute atomic E-state index is 0.113. The number of pyridine rings is 1. The zero-order valence-corrected chi connectivity index (χ0v) is 12.0. The van der Waals surface area contributed by atoms with Crippen LogP contribution >= 0.6 is 11.6 Å². The Bertz CT molecular complexity index is 814. The maximum atomic E-state index is 14.1. The van der Waals surface area contributed by atoms with Crippen LogP contribution in [-0.4, -0.2) is 14.5 Å². The summed E-state index contributed by atoms with van der Waals surface area (Å²) in [7, 11) is 0. The van der Waals surface area contributed by atoms with E-state index in [4.69, 9.17) is 11.6 Å². The summed E-state index contributed by atoms with van der Waals surface area (Å²) in [4.78, 5) is 8.62. The SMILES string of the molecule is Cc1cccc(Cn2c(CCl)nc3ccc(F)c(F)c32)n1. The van der Waals surface area contributed by atoms with E-state index >= 15 is 0 Å². The van der Waals surface area contributed by atoms with Crippen LogP contribution in [0.4, 0.5) is 8.78 Å². The van der Waals surface area contributed by atoms with Gasteiger partial charge in [-0.2, -0.15) is 0 Å². The van der Waals surface area contributed by atoms with Gasteiger partial charge in [0, 0.05) is 5.69 Å². The van der Waals surface area contributed by atoms with Gasteiger partial charge in [0.2, 0.25) is 0 Å². The number of aryl methyl sites for hydroxylation is 1. The van der Waals surface area contributed by atoms with Crippen LogP contribution in [0.2, 0.25) is 0 Å². The van der Waals surface area contributed by atoms with Crippen LogP contribution in [0, 0.1) is 18.6 Å². The van der Waals surface area contributed by atoms with Crippen LogP contribution < -0.4 is 0 Å². The first-order chi connectivity index (χ1) is 10.1. The van der Waals surface area contributed by atoms with Crippen molar-refractivity contribution in [3.63, 3.8) is 0 Å². The van der Waals surface area contributed by atoms with E-state index in [-0.39, 0.29) is 11.4 Å². The fraction of sp³-hybridized carbons (Fsp3) is 0.200. The second kappa shape index (κ2) is 5.41. The van der Waals surface area contributed by atoms with Gasteiger partial charge >= 0.3 is 0 Å². The lowest BCUT2D eigenvalue weighted by atomic mass is 10.2. The molecule has 0 unspecified atom stereocenters. The van der Waals surface area contributed by atoms with Gasteiger partial charge in [-0.1, -0.05) is 6.07 Å². The summed E-state index contributed by atoms with van der Waals surface area (Å²) in [5.74, 6) is -1.22. The second-order valence-corrected chi connectivity index (χ2v) is 5.01. The smallest absolute Gasteiger partial charge is 0.184 e. The van der Waals surface area contributed by atoms with Crippen molar-refractivity contribution >= 4 is 22.6 Å². The Hall–Kier alpha value is -2.01. The van der Waals surface area contributed by atoms with Gasteiger partial charge in [0.1, 0.15) is 11.3 Å². The Morgan fingerprint density at radius 3 is 2.67 bits per heavy atom. The molecule has 108 valence electrons. The van der Waals surface area contributed by atoms with Gasteiger partial charge < -0.3 is 4.57 Å². The number of nitrogens with zero attached hydrogens (tertiary/aromatic N) is 3. The average molecular weight is 308 g/mol. The number of imidazole rings is 1. The van der Waals surface area contributed by atoms with E-state index in [1.165, 1.54) is 6.07 Å². The number of fused-ring (bicyclic) bond motifs is 1. The summed E-state index contributed by atoms with van der Waals surface area (Å²) >= 11 is 5.87. The van der Waals surface area contributed by atoms with Crippen molar-refractivity contribution in [2.24, 2.45) is 0 Å². The van der Waals surface area contributed by atoms with Gasteiger partial charge in [-0.25, -0.2) is 13.8 Å². The maximum Gasteiger partial charge on any atom is 0.184 e. The van der Waals surface area contributed by atoms with E-state index < -0.39 is 11.6 Å². The third-order valence-corrected chi connectivity index (χ3v) is 3.50. The first-order valence-electron chi connectivity index (χ1n) is 6.41. The predicted octanol–water partition coefficient (Wildman–Crippen LogP) is 3.81. The molecule has 0 amide bonds. The molecule has 0 saturated heterocycles. The zero-order chi connectivity index (χ0) is 15.0. The van der Waals surface area contributed by atoms with E-state index in [0.29, 0.717) is 17.9 Å². The molecule has 0 N–H and O–H groups in total. The highest BCUT2D eigenvalue weighted by molar-refractivity contribution is 6.16. The zero-order valence-electron chi connectivity index (χ0n) is 11.3. The Kier molecular flexibility index (Phi) is 3.59. The molecule has 0 aliphatic heterocycles. The molecule has 3 aromatic rings. The highest BCUT2D eigenvalue weighted by Gasteiger charge is 2.17. The lowest BCUT2D eigenvalue weighted by Gasteiger charge is -2.08. The van der Waals surface area contributed by atoms with Gasteiger partial charge in [-0.05, 0) is 31.2 Å². The lowest BCUT2D eigenvalue weighted by Crippen LogP contribution is -2.07. The molecule has 2 aromatic heterocycles. The topological polar surface area (TPSA) is 30.7 Å².